The number of fused-ring (bicyclic) bond motifs is 1. The third-order valence-electron chi connectivity index (χ3n) is 2.72. The quantitative estimate of drug-likeness (QED) is 0.716. The molecule has 98 valence electrons. The highest BCUT2D eigenvalue weighted by Gasteiger charge is 2.20. The monoisotopic (exact) mass is 283 g/mol. The van der Waals surface area contributed by atoms with Crippen LogP contribution in [0.1, 0.15) is 17.8 Å². The summed E-state index contributed by atoms with van der Waals surface area (Å²) in [6.45, 7) is 1.64. The van der Waals surface area contributed by atoms with E-state index in [0.29, 0.717) is 17.1 Å². The minimum Gasteiger partial charge on any atom is -0.463 e. The first-order valence-electron chi connectivity index (χ1n) is 5.45. The molecule has 19 heavy (non-hydrogen) atoms. The van der Waals surface area contributed by atoms with Gasteiger partial charge in [-0.2, -0.15) is 5.10 Å². The number of alkyl halides is 2. The van der Waals surface area contributed by atoms with E-state index in [9.17, 15) is 8.78 Å². The Bertz CT molecular complexity index is 737. The van der Waals surface area contributed by atoms with E-state index in [1.54, 1.807) is 19.1 Å². The zero-order valence-electron chi connectivity index (χ0n) is 9.77. The van der Waals surface area contributed by atoms with Crippen LogP contribution in [0.5, 0.6) is 0 Å². The second kappa shape index (κ2) is 4.31. The number of halogens is 3. The largest absolute Gasteiger partial charge is 0.463 e. The summed E-state index contributed by atoms with van der Waals surface area (Å²) in [6.07, 6.45) is -1.23. The molecule has 3 aromatic rings. The van der Waals surface area contributed by atoms with Crippen LogP contribution in [0.25, 0.3) is 17.1 Å². The predicted molar refractivity (Wildman–Crippen MR) is 65.4 cm³/mol. The fraction of sp³-hybridized carbons (Fsp3) is 0.167. The molecule has 0 fully saturated rings. The molecule has 0 aliphatic rings. The summed E-state index contributed by atoms with van der Waals surface area (Å²) in [5.74, 6) is 0.402. The zero-order chi connectivity index (χ0) is 13.6. The number of aryl methyl sites for hydroxylation is 1. The van der Waals surface area contributed by atoms with Gasteiger partial charge in [0.2, 0.25) is 0 Å². The molecule has 0 bridgehead atoms. The molecule has 0 radical (unpaired) electrons. The fourth-order valence-corrected chi connectivity index (χ4v) is 1.99. The van der Waals surface area contributed by atoms with Crippen molar-refractivity contribution in [2.75, 3.05) is 0 Å². The minimum absolute atomic E-state index is 0.198. The molecule has 3 heterocycles. The van der Waals surface area contributed by atoms with Crippen molar-refractivity contribution in [2.24, 2.45) is 0 Å². The van der Waals surface area contributed by atoms with Crippen LogP contribution in [0, 0.1) is 6.92 Å². The van der Waals surface area contributed by atoms with Gasteiger partial charge in [-0.25, -0.2) is 18.3 Å². The van der Waals surface area contributed by atoms with Gasteiger partial charge in [-0.05, 0) is 25.1 Å². The lowest BCUT2D eigenvalue weighted by Crippen LogP contribution is -2.02. The molecule has 7 heteroatoms. The average Bonchev–Trinajstić information content (AvgIpc) is 2.99. The van der Waals surface area contributed by atoms with E-state index in [1.807, 2.05) is 0 Å². The normalized spacial score (nSPS) is 11.6. The van der Waals surface area contributed by atoms with Gasteiger partial charge in [-0.15, -0.1) is 0 Å². The standard InChI is InChI=1S/C12H8ClF2N3O/c1-6-10(13)12-16-7(9-3-2-4-19-9)5-8(11(14)15)18(12)17-6/h2-5,11H,1H3. The molecule has 0 unspecified atom stereocenters. The molecular formula is C12H8ClF2N3O. The second-order valence-electron chi connectivity index (χ2n) is 3.98. The fourth-order valence-electron chi connectivity index (χ4n) is 1.83. The zero-order valence-corrected chi connectivity index (χ0v) is 10.5. The molecule has 3 aromatic heterocycles. The van der Waals surface area contributed by atoms with Crippen LogP contribution in [-0.2, 0) is 0 Å². The summed E-state index contributed by atoms with van der Waals surface area (Å²) < 4.78 is 32.4. The van der Waals surface area contributed by atoms with Crippen LogP contribution < -0.4 is 0 Å². The third kappa shape index (κ3) is 1.88. The summed E-state index contributed by atoms with van der Waals surface area (Å²) in [4.78, 5) is 4.22. The predicted octanol–water partition coefficient (Wildman–Crippen LogP) is 3.89. The van der Waals surface area contributed by atoms with Gasteiger partial charge in [0.15, 0.2) is 11.4 Å². The van der Waals surface area contributed by atoms with Crippen molar-refractivity contribution in [3.05, 3.63) is 40.9 Å². The lowest BCUT2D eigenvalue weighted by Gasteiger charge is -2.05. The van der Waals surface area contributed by atoms with Crippen molar-refractivity contribution < 1.29 is 13.2 Å². The lowest BCUT2D eigenvalue weighted by atomic mass is 10.2. The van der Waals surface area contributed by atoms with Gasteiger partial charge in [-0.3, -0.25) is 0 Å². The summed E-state index contributed by atoms with van der Waals surface area (Å²) >= 11 is 6.03. The second-order valence-corrected chi connectivity index (χ2v) is 4.36. The summed E-state index contributed by atoms with van der Waals surface area (Å²) in [5, 5.41) is 4.23. The van der Waals surface area contributed by atoms with Gasteiger partial charge >= 0.3 is 0 Å². The van der Waals surface area contributed by atoms with E-state index < -0.39 is 6.43 Å². The number of hydrogen-bond acceptors (Lipinski definition) is 3. The van der Waals surface area contributed by atoms with Crippen molar-refractivity contribution >= 4 is 17.2 Å². The SMILES string of the molecule is Cc1nn2c(C(F)F)cc(-c3ccco3)nc2c1Cl. The summed E-state index contributed by atoms with van der Waals surface area (Å²) in [6, 6.07) is 4.55. The number of hydrogen-bond donors (Lipinski definition) is 0. The molecule has 0 amide bonds. The Morgan fingerprint density at radius 2 is 2.21 bits per heavy atom. The van der Waals surface area contributed by atoms with Crippen molar-refractivity contribution in [2.45, 2.75) is 13.3 Å². The van der Waals surface area contributed by atoms with E-state index in [-0.39, 0.29) is 16.4 Å². The number of furan rings is 1. The van der Waals surface area contributed by atoms with Crippen LogP contribution in [0.15, 0.2) is 28.9 Å². The van der Waals surface area contributed by atoms with Crippen LogP contribution >= 0.6 is 11.6 Å². The van der Waals surface area contributed by atoms with Gasteiger partial charge in [0.05, 0.1) is 12.0 Å². The van der Waals surface area contributed by atoms with E-state index in [2.05, 4.69) is 10.1 Å². The first-order valence-corrected chi connectivity index (χ1v) is 5.83. The summed E-state index contributed by atoms with van der Waals surface area (Å²) in [5.41, 5.74) is 0.678. The van der Waals surface area contributed by atoms with Crippen molar-refractivity contribution in [3.63, 3.8) is 0 Å². The molecule has 0 N–H and O–H groups in total. The Balaban J connectivity index is 2.35. The van der Waals surface area contributed by atoms with E-state index >= 15 is 0 Å². The number of rotatable bonds is 2. The van der Waals surface area contributed by atoms with Crippen LogP contribution in [0.3, 0.4) is 0 Å². The van der Waals surface area contributed by atoms with Crippen LogP contribution in [0.2, 0.25) is 5.02 Å². The Morgan fingerprint density at radius 1 is 1.42 bits per heavy atom. The topological polar surface area (TPSA) is 43.3 Å². The molecule has 0 saturated carbocycles. The first kappa shape index (κ1) is 12.1. The van der Waals surface area contributed by atoms with Gasteiger partial charge in [0.1, 0.15) is 16.4 Å². The summed E-state index contributed by atoms with van der Waals surface area (Å²) in [7, 11) is 0. The number of nitrogens with zero attached hydrogens (tertiary/aromatic N) is 3. The highest BCUT2D eigenvalue weighted by atomic mass is 35.5. The van der Waals surface area contributed by atoms with Crippen molar-refractivity contribution in [3.8, 4) is 11.5 Å². The Kier molecular flexibility index (Phi) is 2.74. The van der Waals surface area contributed by atoms with Gasteiger partial charge in [0, 0.05) is 0 Å². The van der Waals surface area contributed by atoms with E-state index in [1.165, 1.54) is 12.3 Å². The molecule has 3 rings (SSSR count). The maximum absolute atomic E-state index is 13.1. The maximum Gasteiger partial charge on any atom is 0.280 e. The van der Waals surface area contributed by atoms with Crippen molar-refractivity contribution in [1.29, 1.82) is 0 Å². The van der Waals surface area contributed by atoms with Crippen LogP contribution in [-0.4, -0.2) is 14.6 Å². The molecular weight excluding hydrogens is 276 g/mol. The highest BCUT2D eigenvalue weighted by molar-refractivity contribution is 6.34. The molecule has 0 atom stereocenters. The Morgan fingerprint density at radius 3 is 2.84 bits per heavy atom. The average molecular weight is 284 g/mol. The highest BCUT2D eigenvalue weighted by Crippen LogP contribution is 2.29. The molecule has 4 nitrogen and oxygen atoms in total. The molecule has 0 spiro atoms. The Hall–Kier alpha value is -1.95. The maximum atomic E-state index is 13.1. The Labute approximate surface area is 111 Å². The van der Waals surface area contributed by atoms with E-state index in [0.717, 1.165) is 4.52 Å². The number of aromatic nitrogens is 3. The van der Waals surface area contributed by atoms with Crippen molar-refractivity contribution in [1.82, 2.24) is 14.6 Å². The molecule has 0 aromatic carbocycles. The molecule has 0 aliphatic carbocycles. The lowest BCUT2D eigenvalue weighted by molar-refractivity contribution is 0.143. The van der Waals surface area contributed by atoms with Gasteiger partial charge < -0.3 is 4.42 Å². The van der Waals surface area contributed by atoms with Crippen LogP contribution in [0.4, 0.5) is 8.78 Å². The van der Waals surface area contributed by atoms with Gasteiger partial charge in [-0.1, -0.05) is 11.6 Å². The third-order valence-corrected chi connectivity index (χ3v) is 3.16. The molecule has 0 saturated heterocycles. The first-order chi connectivity index (χ1) is 9.08. The minimum atomic E-state index is -2.69. The van der Waals surface area contributed by atoms with Gasteiger partial charge in [0.25, 0.3) is 6.43 Å². The smallest absolute Gasteiger partial charge is 0.280 e. The molecule has 0 aliphatic heterocycles. The van der Waals surface area contributed by atoms with E-state index in [4.69, 9.17) is 16.0 Å².